The molecule has 0 unspecified atom stereocenters. The Balaban J connectivity index is 1.92. The molecule has 2 amide bonds. The van der Waals surface area contributed by atoms with Crippen LogP contribution in [0.4, 0.5) is 10.5 Å². The summed E-state index contributed by atoms with van der Waals surface area (Å²) in [6, 6.07) is 9.95. The van der Waals surface area contributed by atoms with Gasteiger partial charge in [-0.25, -0.2) is 4.90 Å². The number of thioether (sulfide) groups is 1. The van der Waals surface area contributed by atoms with E-state index in [0.29, 0.717) is 26.0 Å². The van der Waals surface area contributed by atoms with Crippen molar-refractivity contribution in [1.82, 2.24) is 0 Å². The Labute approximate surface area is 137 Å². The van der Waals surface area contributed by atoms with Crippen LogP contribution in [0.2, 0.25) is 5.02 Å². The second-order valence-corrected chi connectivity index (χ2v) is 6.35. The van der Waals surface area contributed by atoms with Crippen LogP contribution in [0.15, 0.2) is 50.4 Å². The van der Waals surface area contributed by atoms with E-state index in [2.05, 4.69) is 15.9 Å². The maximum Gasteiger partial charge on any atom is 0.298 e. The van der Waals surface area contributed by atoms with Gasteiger partial charge in [0.1, 0.15) is 5.76 Å². The molecule has 1 saturated heterocycles. The summed E-state index contributed by atoms with van der Waals surface area (Å²) in [5, 5.41) is 0.195. The first-order chi connectivity index (χ1) is 10.0. The number of carbonyl (C=O) groups is 2. The molecule has 0 atom stereocenters. The largest absolute Gasteiger partial charge is 0.450 e. The van der Waals surface area contributed by atoms with Crippen molar-refractivity contribution in [3.05, 3.63) is 56.8 Å². The third-order valence-electron chi connectivity index (χ3n) is 2.75. The minimum absolute atomic E-state index is 0.316. The van der Waals surface area contributed by atoms with E-state index in [1.165, 1.54) is 0 Å². The summed E-state index contributed by atoms with van der Waals surface area (Å²) in [5.74, 6) is 0.128. The van der Waals surface area contributed by atoms with E-state index in [9.17, 15) is 9.59 Å². The van der Waals surface area contributed by atoms with E-state index >= 15 is 0 Å². The minimum atomic E-state index is -0.375. The first-order valence-electron chi connectivity index (χ1n) is 5.83. The van der Waals surface area contributed by atoms with Gasteiger partial charge in [0.2, 0.25) is 0 Å². The summed E-state index contributed by atoms with van der Waals surface area (Å²) in [7, 11) is 0. The van der Waals surface area contributed by atoms with E-state index in [1.807, 2.05) is 0 Å². The third-order valence-corrected chi connectivity index (χ3v) is 4.29. The molecule has 1 fully saturated rings. The van der Waals surface area contributed by atoms with E-state index < -0.39 is 0 Å². The predicted octanol–water partition coefficient (Wildman–Crippen LogP) is 4.94. The standard InChI is InChI=1S/C14H7BrClNO3S/c15-12-6-5-10(20-12)7-11-13(18)17(14(19)21-11)9-3-1-8(16)2-4-9/h1-7H/b11-7+. The molecule has 0 aliphatic carbocycles. The lowest BCUT2D eigenvalue weighted by atomic mass is 10.3. The zero-order valence-corrected chi connectivity index (χ0v) is 13.5. The van der Waals surface area contributed by atoms with Gasteiger partial charge >= 0.3 is 0 Å². The van der Waals surface area contributed by atoms with Crippen molar-refractivity contribution in [3.8, 4) is 0 Å². The average Bonchev–Trinajstić information content (AvgIpc) is 2.96. The van der Waals surface area contributed by atoms with Crippen molar-refractivity contribution < 1.29 is 14.0 Å². The van der Waals surface area contributed by atoms with Crippen LogP contribution in [0.1, 0.15) is 5.76 Å². The molecule has 21 heavy (non-hydrogen) atoms. The van der Waals surface area contributed by atoms with Crippen LogP contribution in [0, 0.1) is 0 Å². The highest BCUT2D eigenvalue weighted by Gasteiger charge is 2.36. The van der Waals surface area contributed by atoms with Gasteiger partial charge < -0.3 is 4.42 Å². The molecule has 1 aliphatic rings. The Morgan fingerprint density at radius 1 is 1.14 bits per heavy atom. The van der Waals surface area contributed by atoms with Crippen LogP contribution in [0.25, 0.3) is 6.08 Å². The van der Waals surface area contributed by atoms with Gasteiger partial charge in [-0.15, -0.1) is 0 Å². The summed E-state index contributed by atoms with van der Waals surface area (Å²) in [5.41, 5.74) is 0.492. The monoisotopic (exact) mass is 383 g/mol. The fourth-order valence-electron chi connectivity index (χ4n) is 1.82. The fourth-order valence-corrected chi connectivity index (χ4v) is 3.08. The molecular weight excluding hydrogens is 378 g/mol. The average molecular weight is 385 g/mol. The normalized spacial score (nSPS) is 17.0. The molecule has 0 saturated carbocycles. The molecule has 2 heterocycles. The molecule has 1 aliphatic heterocycles. The number of nitrogens with zero attached hydrogens (tertiary/aromatic N) is 1. The summed E-state index contributed by atoms with van der Waals surface area (Å²) in [4.78, 5) is 25.8. The van der Waals surface area contributed by atoms with E-state index in [0.717, 1.165) is 16.7 Å². The zero-order chi connectivity index (χ0) is 15.0. The van der Waals surface area contributed by atoms with Gasteiger partial charge in [-0.2, -0.15) is 0 Å². The maximum absolute atomic E-state index is 12.3. The van der Waals surface area contributed by atoms with E-state index in [-0.39, 0.29) is 11.1 Å². The minimum Gasteiger partial charge on any atom is -0.450 e. The van der Waals surface area contributed by atoms with Crippen LogP contribution in [0.3, 0.4) is 0 Å². The number of hydrogen-bond donors (Lipinski definition) is 0. The summed E-state index contributed by atoms with van der Waals surface area (Å²) in [6.07, 6.45) is 1.55. The van der Waals surface area contributed by atoms with Gasteiger partial charge in [-0.3, -0.25) is 9.59 Å². The third kappa shape index (κ3) is 2.92. The number of rotatable bonds is 2. The smallest absolute Gasteiger partial charge is 0.298 e. The highest BCUT2D eigenvalue weighted by molar-refractivity contribution is 9.10. The Morgan fingerprint density at radius 2 is 1.86 bits per heavy atom. The summed E-state index contributed by atoms with van der Waals surface area (Å²) in [6.45, 7) is 0. The van der Waals surface area contributed by atoms with Crippen molar-refractivity contribution in [2.75, 3.05) is 4.90 Å². The van der Waals surface area contributed by atoms with Crippen molar-refractivity contribution in [2.45, 2.75) is 0 Å². The SMILES string of the molecule is O=C1S/C(=C/c2ccc(Br)o2)C(=O)N1c1ccc(Cl)cc1. The molecule has 0 spiro atoms. The quantitative estimate of drug-likeness (QED) is 0.688. The lowest BCUT2D eigenvalue weighted by Gasteiger charge is -2.11. The number of hydrogen-bond acceptors (Lipinski definition) is 4. The summed E-state index contributed by atoms with van der Waals surface area (Å²) < 4.78 is 5.87. The van der Waals surface area contributed by atoms with E-state index in [4.69, 9.17) is 16.0 Å². The van der Waals surface area contributed by atoms with Crippen LogP contribution in [-0.2, 0) is 4.79 Å². The topological polar surface area (TPSA) is 50.5 Å². The molecule has 0 bridgehead atoms. The first kappa shape index (κ1) is 14.4. The van der Waals surface area contributed by atoms with Gasteiger partial charge in [-0.1, -0.05) is 11.6 Å². The molecule has 4 nitrogen and oxygen atoms in total. The van der Waals surface area contributed by atoms with Gasteiger partial charge in [0.05, 0.1) is 10.6 Å². The maximum atomic E-state index is 12.3. The number of carbonyl (C=O) groups excluding carboxylic acids is 2. The Morgan fingerprint density at radius 3 is 2.48 bits per heavy atom. The van der Waals surface area contributed by atoms with Gasteiger partial charge in [0, 0.05) is 11.1 Å². The highest BCUT2D eigenvalue weighted by Crippen LogP contribution is 2.36. The number of furan rings is 1. The Kier molecular flexibility index (Phi) is 3.93. The van der Waals surface area contributed by atoms with Crippen molar-refractivity contribution in [3.63, 3.8) is 0 Å². The fraction of sp³-hybridized carbons (Fsp3) is 0. The van der Waals surface area contributed by atoms with Gasteiger partial charge in [-0.05, 0) is 64.1 Å². The lowest BCUT2D eigenvalue weighted by Crippen LogP contribution is -2.27. The zero-order valence-electron chi connectivity index (χ0n) is 10.4. The molecule has 7 heteroatoms. The molecule has 106 valence electrons. The Bertz CT molecular complexity index is 754. The van der Waals surface area contributed by atoms with Crippen molar-refractivity contribution >= 4 is 62.2 Å². The molecule has 3 rings (SSSR count). The number of benzene rings is 1. The number of anilines is 1. The van der Waals surface area contributed by atoms with Crippen molar-refractivity contribution in [1.29, 1.82) is 0 Å². The Hall–Kier alpha value is -1.50. The van der Waals surface area contributed by atoms with Crippen LogP contribution in [-0.4, -0.2) is 11.1 Å². The molecule has 1 aromatic heterocycles. The van der Waals surface area contributed by atoms with Gasteiger partial charge in [0.15, 0.2) is 4.67 Å². The molecule has 0 N–H and O–H groups in total. The number of amides is 2. The second-order valence-electron chi connectivity index (χ2n) is 4.14. The number of halogens is 2. The molecule has 1 aromatic carbocycles. The predicted molar refractivity (Wildman–Crippen MR) is 86.3 cm³/mol. The first-order valence-corrected chi connectivity index (χ1v) is 7.82. The van der Waals surface area contributed by atoms with Crippen LogP contribution < -0.4 is 4.90 Å². The highest BCUT2D eigenvalue weighted by atomic mass is 79.9. The van der Waals surface area contributed by atoms with Crippen molar-refractivity contribution in [2.24, 2.45) is 0 Å². The van der Waals surface area contributed by atoms with Crippen LogP contribution in [0.5, 0.6) is 0 Å². The summed E-state index contributed by atoms with van der Waals surface area (Å²) >= 11 is 9.87. The molecule has 0 radical (unpaired) electrons. The van der Waals surface area contributed by atoms with Crippen LogP contribution >= 0.6 is 39.3 Å². The molecular formula is C14H7BrClNO3S. The molecule has 2 aromatic rings. The number of imide groups is 1. The second kappa shape index (κ2) is 5.71. The van der Waals surface area contributed by atoms with E-state index in [1.54, 1.807) is 42.5 Å². The lowest BCUT2D eigenvalue weighted by molar-refractivity contribution is -0.113. The van der Waals surface area contributed by atoms with Gasteiger partial charge in [0.25, 0.3) is 11.1 Å².